The maximum absolute atomic E-state index is 12.5. The first kappa shape index (κ1) is 9.82. The summed E-state index contributed by atoms with van der Waals surface area (Å²) < 4.78 is 12.5. The Balaban J connectivity index is 4.12. The molecule has 0 bridgehead atoms. The van der Waals surface area contributed by atoms with Gasteiger partial charge in [-0.1, -0.05) is 0 Å². The van der Waals surface area contributed by atoms with Gasteiger partial charge in [0.25, 0.3) is 5.24 Å². The van der Waals surface area contributed by atoms with Gasteiger partial charge in [0, 0.05) is 12.1 Å². The first-order chi connectivity index (χ1) is 4.46. The lowest BCUT2D eigenvalue weighted by Gasteiger charge is -2.28. The quantitative estimate of drug-likeness (QED) is 0.349. The number of nitrogens with zero attached hydrogens (tertiary/aromatic N) is 1. The maximum Gasteiger partial charge on any atom is 0.256 e. The maximum atomic E-state index is 12.5. The van der Waals surface area contributed by atoms with E-state index in [0.29, 0.717) is 0 Å². The molecule has 0 saturated heterocycles. The van der Waals surface area contributed by atoms with Crippen LogP contribution in [0.25, 0.3) is 0 Å². The van der Waals surface area contributed by atoms with Crippen LogP contribution in [0.15, 0.2) is 0 Å². The molecule has 0 rings (SSSR count). The predicted octanol–water partition coefficient (Wildman–Crippen LogP) is 2.36. The number of rotatable bonds is 2. The molecule has 0 N–H and O–H groups in total. The van der Waals surface area contributed by atoms with Crippen molar-refractivity contribution >= 4 is 17.5 Å². The molecule has 10 heavy (non-hydrogen) atoms. The highest BCUT2D eigenvalue weighted by atomic mass is 32.1. The Morgan fingerprint density at radius 3 is 1.50 bits per heavy atom. The molecule has 0 aliphatic rings. The fraction of sp³-hybridized carbons (Fsp3) is 0.857. The molecule has 0 fully saturated rings. The molecule has 0 spiro atoms. The number of halogens is 1. The van der Waals surface area contributed by atoms with E-state index < -0.39 is 5.24 Å². The lowest BCUT2D eigenvalue weighted by molar-refractivity contribution is 0.273. The van der Waals surface area contributed by atoms with Crippen LogP contribution in [0.5, 0.6) is 0 Å². The fourth-order valence-corrected chi connectivity index (χ4v) is 1.42. The molecule has 0 aromatic heterocycles. The minimum absolute atomic E-state index is 0.150. The van der Waals surface area contributed by atoms with E-state index in [1.165, 1.54) is 0 Å². The molecule has 0 unspecified atom stereocenters. The highest BCUT2D eigenvalue weighted by molar-refractivity contribution is 7.79. The van der Waals surface area contributed by atoms with Crippen molar-refractivity contribution in [3.8, 4) is 0 Å². The van der Waals surface area contributed by atoms with E-state index in [0.717, 1.165) is 0 Å². The topological polar surface area (TPSA) is 3.24 Å². The number of hydrogen-bond acceptors (Lipinski definition) is 1. The third-order valence-corrected chi connectivity index (χ3v) is 1.53. The van der Waals surface area contributed by atoms with E-state index in [9.17, 15) is 4.39 Å². The van der Waals surface area contributed by atoms with Gasteiger partial charge in [0.2, 0.25) is 0 Å². The van der Waals surface area contributed by atoms with Crippen molar-refractivity contribution in [3.05, 3.63) is 0 Å². The lowest BCUT2D eigenvalue weighted by Crippen LogP contribution is -2.39. The third-order valence-electron chi connectivity index (χ3n) is 1.32. The second-order valence-corrected chi connectivity index (χ2v) is 3.18. The SMILES string of the molecule is CC(C)N(C(F)=S)C(C)C. The van der Waals surface area contributed by atoms with Crippen LogP contribution in [0.2, 0.25) is 0 Å². The molecular weight excluding hydrogens is 149 g/mol. The van der Waals surface area contributed by atoms with Crippen LogP contribution in [-0.4, -0.2) is 22.2 Å². The van der Waals surface area contributed by atoms with Crippen molar-refractivity contribution in [2.75, 3.05) is 0 Å². The van der Waals surface area contributed by atoms with E-state index in [1.807, 2.05) is 27.7 Å². The second-order valence-electron chi connectivity index (χ2n) is 2.85. The van der Waals surface area contributed by atoms with E-state index in [1.54, 1.807) is 4.90 Å². The van der Waals surface area contributed by atoms with E-state index in [-0.39, 0.29) is 12.1 Å². The van der Waals surface area contributed by atoms with Gasteiger partial charge in [-0.3, -0.25) is 0 Å². The molecule has 0 atom stereocenters. The smallest absolute Gasteiger partial charge is 0.256 e. The highest BCUT2D eigenvalue weighted by Crippen LogP contribution is 2.06. The Kier molecular flexibility index (Phi) is 3.79. The first-order valence-electron chi connectivity index (χ1n) is 3.44. The molecule has 0 aliphatic carbocycles. The molecule has 3 heteroatoms. The molecule has 0 aliphatic heterocycles. The zero-order valence-corrected chi connectivity index (χ0v) is 7.70. The minimum atomic E-state index is -0.509. The highest BCUT2D eigenvalue weighted by Gasteiger charge is 2.15. The zero-order valence-electron chi connectivity index (χ0n) is 6.89. The standard InChI is InChI=1S/C7H14FNS/c1-5(2)9(6(3)4)7(8)10/h5-6H,1-4H3. The summed E-state index contributed by atoms with van der Waals surface area (Å²) in [7, 11) is 0. The van der Waals surface area contributed by atoms with Gasteiger partial charge in [0.05, 0.1) is 0 Å². The van der Waals surface area contributed by atoms with Crippen LogP contribution < -0.4 is 0 Å². The van der Waals surface area contributed by atoms with E-state index in [4.69, 9.17) is 0 Å². The van der Waals surface area contributed by atoms with Gasteiger partial charge >= 0.3 is 0 Å². The van der Waals surface area contributed by atoms with Crippen molar-refractivity contribution in [1.29, 1.82) is 0 Å². The summed E-state index contributed by atoms with van der Waals surface area (Å²) in [6.07, 6.45) is 0. The van der Waals surface area contributed by atoms with Gasteiger partial charge in [-0.05, 0) is 39.9 Å². The van der Waals surface area contributed by atoms with Crippen molar-refractivity contribution in [2.45, 2.75) is 39.8 Å². The Morgan fingerprint density at radius 2 is 1.50 bits per heavy atom. The Labute approximate surface area is 67.2 Å². The summed E-state index contributed by atoms with van der Waals surface area (Å²) in [5, 5.41) is -0.509. The van der Waals surface area contributed by atoms with E-state index in [2.05, 4.69) is 12.2 Å². The monoisotopic (exact) mass is 163 g/mol. The molecular formula is C7H14FNS. The fourth-order valence-electron chi connectivity index (χ4n) is 1.00. The molecule has 0 amide bonds. The summed E-state index contributed by atoms with van der Waals surface area (Å²) in [5.74, 6) is 0. The summed E-state index contributed by atoms with van der Waals surface area (Å²) in [6, 6.07) is 0.301. The molecule has 0 saturated carbocycles. The summed E-state index contributed by atoms with van der Waals surface area (Å²) in [4.78, 5) is 1.56. The van der Waals surface area contributed by atoms with Crippen molar-refractivity contribution < 1.29 is 4.39 Å². The largest absolute Gasteiger partial charge is 0.334 e. The third kappa shape index (κ3) is 2.60. The molecule has 0 aromatic carbocycles. The minimum Gasteiger partial charge on any atom is -0.334 e. The van der Waals surface area contributed by atoms with Crippen LogP contribution in [0.4, 0.5) is 4.39 Å². The van der Waals surface area contributed by atoms with Crippen LogP contribution in [-0.2, 0) is 0 Å². The van der Waals surface area contributed by atoms with Gasteiger partial charge in [0.1, 0.15) is 0 Å². The lowest BCUT2D eigenvalue weighted by atomic mass is 10.2. The van der Waals surface area contributed by atoms with Crippen molar-refractivity contribution in [1.82, 2.24) is 4.90 Å². The van der Waals surface area contributed by atoms with Gasteiger partial charge in [-0.2, -0.15) is 4.39 Å². The van der Waals surface area contributed by atoms with Crippen LogP contribution in [0.1, 0.15) is 27.7 Å². The number of thiocarbonyl (C=S) groups is 1. The molecule has 0 aromatic rings. The normalized spacial score (nSPS) is 10.7. The Hall–Kier alpha value is -0.180. The van der Waals surface area contributed by atoms with E-state index >= 15 is 0 Å². The summed E-state index contributed by atoms with van der Waals surface area (Å²) in [5.41, 5.74) is 0. The second kappa shape index (κ2) is 3.86. The molecule has 1 nitrogen and oxygen atoms in total. The zero-order chi connectivity index (χ0) is 8.31. The average Bonchev–Trinajstić information content (AvgIpc) is 1.59. The van der Waals surface area contributed by atoms with Crippen molar-refractivity contribution in [2.24, 2.45) is 0 Å². The van der Waals surface area contributed by atoms with Crippen molar-refractivity contribution in [3.63, 3.8) is 0 Å². The first-order valence-corrected chi connectivity index (χ1v) is 3.85. The Morgan fingerprint density at radius 1 is 1.20 bits per heavy atom. The van der Waals surface area contributed by atoms with Crippen LogP contribution >= 0.6 is 12.2 Å². The molecule has 60 valence electrons. The average molecular weight is 163 g/mol. The van der Waals surface area contributed by atoms with Gasteiger partial charge in [-0.25, -0.2) is 0 Å². The van der Waals surface area contributed by atoms with Gasteiger partial charge in [0.15, 0.2) is 0 Å². The summed E-state index contributed by atoms with van der Waals surface area (Å²) >= 11 is 4.43. The molecule has 0 radical (unpaired) electrons. The molecule has 0 heterocycles. The number of hydrogen-bond donors (Lipinski definition) is 0. The summed E-state index contributed by atoms with van der Waals surface area (Å²) in [6.45, 7) is 7.69. The van der Waals surface area contributed by atoms with Gasteiger partial charge in [-0.15, -0.1) is 0 Å². The van der Waals surface area contributed by atoms with Crippen LogP contribution in [0.3, 0.4) is 0 Å². The van der Waals surface area contributed by atoms with Gasteiger partial charge < -0.3 is 4.90 Å². The Bertz CT molecular complexity index is 115. The van der Waals surface area contributed by atoms with Crippen LogP contribution in [0, 0.1) is 0 Å². The predicted molar refractivity (Wildman–Crippen MR) is 45.8 cm³/mol.